The quantitative estimate of drug-likeness (QED) is 0.190. The molecule has 4 heteroatoms. The maximum absolute atomic E-state index is 4.98. The summed E-state index contributed by atoms with van der Waals surface area (Å²) in [5, 5.41) is 2.60. The molecule has 1 aliphatic carbocycles. The Morgan fingerprint density at radius 1 is 0.408 bits per heavy atom. The van der Waals surface area contributed by atoms with E-state index in [1.54, 1.807) is 12.4 Å². The Bertz CT molecular complexity index is 2490. The van der Waals surface area contributed by atoms with Gasteiger partial charge in [-0.05, 0) is 73.5 Å². The van der Waals surface area contributed by atoms with E-state index in [-0.39, 0.29) is 5.41 Å². The lowest BCUT2D eigenvalue weighted by molar-refractivity contribution is 0.661. The zero-order valence-electron chi connectivity index (χ0n) is 27.3. The molecular weight excluding hydrogens is 597 g/mol. The van der Waals surface area contributed by atoms with Crippen LogP contribution >= 0.6 is 0 Å². The van der Waals surface area contributed by atoms with Crippen LogP contribution in [0.5, 0.6) is 0 Å². The predicted molar refractivity (Wildman–Crippen MR) is 200 cm³/mol. The first-order chi connectivity index (χ1) is 24.0. The smallest absolute Gasteiger partial charge is 0.164 e. The molecule has 0 fully saturated rings. The molecule has 232 valence electrons. The Labute approximate surface area is 285 Å². The van der Waals surface area contributed by atoms with Crippen LogP contribution in [0.25, 0.3) is 78.3 Å². The monoisotopic (exact) mass is 628 g/mol. The molecule has 0 saturated heterocycles. The summed E-state index contributed by atoms with van der Waals surface area (Å²) in [7, 11) is 0. The molecule has 9 rings (SSSR count). The maximum Gasteiger partial charge on any atom is 0.164 e. The van der Waals surface area contributed by atoms with Crippen molar-refractivity contribution in [2.45, 2.75) is 19.3 Å². The van der Waals surface area contributed by atoms with Gasteiger partial charge in [0.2, 0.25) is 0 Å². The van der Waals surface area contributed by atoms with Gasteiger partial charge in [0.1, 0.15) is 0 Å². The van der Waals surface area contributed by atoms with Crippen molar-refractivity contribution in [3.8, 4) is 67.5 Å². The van der Waals surface area contributed by atoms with E-state index in [9.17, 15) is 0 Å². The molecule has 0 atom stereocenters. The van der Waals surface area contributed by atoms with Gasteiger partial charge in [-0.1, -0.05) is 141 Å². The van der Waals surface area contributed by atoms with Crippen molar-refractivity contribution >= 4 is 10.8 Å². The number of nitrogens with zero attached hydrogens (tertiary/aromatic N) is 4. The average Bonchev–Trinajstić information content (AvgIpc) is 3.41. The summed E-state index contributed by atoms with van der Waals surface area (Å²) in [4.78, 5) is 19.0. The van der Waals surface area contributed by atoms with Gasteiger partial charge < -0.3 is 0 Å². The van der Waals surface area contributed by atoms with E-state index >= 15 is 0 Å². The fourth-order valence-electron chi connectivity index (χ4n) is 7.20. The van der Waals surface area contributed by atoms with Crippen molar-refractivity contribution in [3.05, 3.63) is 169 Å². The van der Waals surface area contributed by atoms with E-state index in [4.69, 9.17) is 15.0 Å². The molecule has 0 aliphatic heterocycles. The van der Waals surface area contributed by atoms with E-state index in [2.05, 4.69) is 146 Å². The Morgan fingerprint density at radius 2 is 0.918 bits per heavy atom. The van der Waals surface area contributed by atoms with E-state index in [0.29, 0.717) is 17.5 Å². The van der Waals surface area contributed by atoms with Gasteiger partial charge in [-0.15, -0.1) is 0 Å². The van der Waals surface area contributed by atoms with Crippen LogP contribution in [0.15, 0.2) is 158 Å². The topological polar surface area (TPSA) is 51.6 Å². The fraction of sp³-hybridized carbons (Fsp3) is 0.0667. The van der Waals surface area contributed by atoms with Gasteiger partial charge in [0.25, 0.3) is 0 Å². The number of benzene rings is 6. The van der Waals surface area contributed by atoms with E-state index in [1.165, 1.54) is 44.2 Å². The van der Waals surface area contributed by atoms with Gasteiger partial charge in [0.15, 0.2) is 17.5 Å². The highest BCUT2D eigenvalue weighted by molar-refractivity contribution is 6.02. The number of pyridine rings is 1. The molecule has 0 saturated carbocycles. The second kappa shape index (κ2) is 11.5. The molecular formula is C45H32N4. The lowest BCUT2D eigenvalue weighted by Crippen LogP contribution is -2.15. The van der Waals surface area contributed by atoms with Crippen LogP contribution < -0.4 is 0 Å². The molecule has 49 heavy (non-hydrogen) atoms. The third-order valence-electron chi connectivity index (χ3n) is 9.87. The first-order valence-corrected chi connectivity index (χ1v) is 16.6. The Hall–Kier alpha value is -6.26. The lowest BCUT2D eigenvalue weighted by Gasteiger charge is -2.22. The Kier molecular flexibility index (Phi) is 6.77. The molecule has 2 aromatic heterocycles. The third kappa shape index (κ3) is 5.01. The molecule has 0 radical (unpaired) electrons. The first kappa shape index (κ1) is 28.9. The molecule has 0 N–H and O–H groups in total. The Morgan fingerprint density at radius 3 is 1.57 bits per heavy atom. The molecule has 0 bridgehead atoms. The number of rotatable bonds is 5. The Balaban J connectivity index is 1.08. The SMILES string of the molecule is CC1(C)c2cc(-c3ccc(-c4nc(-c5ccncc5)nc(-c5ccc(-c6ccccc6)cc5)n4)cc3)ccc2-c2c1ccc1ccccc21. The van der Waals surface area contributed by atoms with Gasteiger partial charge >= 0.3 is 0 Å². The predicted octanol–water partition coefficient (Wildman–Crippen LogP) is 11.1. The molecule has 6 aromatic carbocycles. The molecule has 0 unspecified atom stereocenters. The minimum absolute atomic E-state index is 0.0887. The highest BCUT2D eigenvalue weighted by atomic mass is 15.0. The van der Waals surface area contributed by atoms with Crippen LogP contribution in [-0.4, -0.2) is 19.9 Å². The largest absolute Gasteiger partial charge is 0.265 e. The zero-order chi connectivity index (χ0) is 33.0. The van der Waals surface area contributed by atoms with Gasteiger partial charge in [-0.3, -0.25) is 4.98 Å². The van der Waals surface area contributed by atoms with Gasteiger partial charge in [-0.2, -0.15) is 0 Å². The second-order valence-corrected chi connectivity index (χ2v) is 13.2. The third-order valence-corrected chi connectivity index (χ3v) is 9.87. The van der Waals surface area contributed by atoms with Crippen molar-refractivity contribution in [1.29, 1.82) is 0 Å². The van der Waals surface area contributed by atoms with Crippen molar-refractivity contribution < 1.29 is 0 Å². The lowest BCUT2D eigenvalue weighted by atomic mass is 9.81. The van der Waals surface area contributed by atoms with Gasteiger partial charge in [0, 0.05) is 34.5 Å². The van der Waals surface area contributed by atoms with Crippen molar-refractivity contribution in [3.63, 3.8) is 0 Å². The van der Waals surface area contributed by atoms with Crippen molar-refractivity contribution in [2.75, 3.05) is 0 Å². The summed E-state index contributed by atoms with van der Waals surface area (Å²) in [5.41, 5.74) is 12.8. The van der Waals surface area contributed by atoms with E-state index in [1.807, 2.05) is 18.2 Å². The van der Waals surface area contributed by atoms with Crippen LogP contribution in [0.4, 0.5) is 0 Å². The second-order valence-electron chi connectivity index (χ2n) is 13.2. The standard InChI is InChI=1S/C45H32N4/c1-45(2)39-23-21-32-10-6-7-11-37(32)41(39)38-22-20-36(28-40(38)45)31-14-18-34(19-15-31)43-47-42(48-44(49-43)35-24-26-46-27-25-35)33-16-12-30(13-17-33)29-8-4-3-5-9-29/h3-28H,1-2H3. The fourth-order valence-corrected chi connectivity index (χ4v) is 7.20. The highest BCUT2D eigenvalue weighted by Gasteiger charge is 2.36. The summed E-state index contributed by atoms with van der Waals surface area (Å²) in [6, 6.07) is 51.4. The highest BCUT2D eigenvalue weighted by Crippen LogP contribution is 2.52. The minimum atomic E-state index is -0.0887. The first-order valence-electron chi connectivity index (χ1n) is 16.6. The summed E-state index contributed by atoms with van der Waals surface area (Å²) >= 11 is 0. The van der Waals surface area contributed by atoms with Crippen LogP contribution in [0.3, 0.4) is 0 Å². The molecule has 2 heterocycles. The summed E-state index contributed by atoms with van der Waals surface area (Å²) in [6.45, 7) is 4.68. The number of aromatic nitrogens is 4. The summed E-state index contributed by atoms with van der Waals surface area (Å²) < 4.78 is 0. The van der Waals surface area contributed by atoms with Crippen LogP contribution in [0.2, 0.25) is 0 Å². The van der Waals surface area contributed by atoms with Crippen molar-refractivity contribution in [2.24, 2.45) is 0 Å². The van der Waals surface area contributed by atoms with Gasteiger partial charge in [0.05, 0.1) is 0 Å². The normalized spacial score (nSPS) is 12.9. The molecule has 0 spiro atoms. The van der Waals surface area contributed by atoms with Crippen molar-refractivity contribution in [1.82, 2.24) is 19.9 Å². The zero-order valence-corrected chi connectivity index (χ0v) is 27.3. The van der Waals surface area contributed by atoms with E-state index < -0.39 is 0 Å². The number of hydrogen-bond donors (Lipinski definition) is 0. The molecule has 0 amide bonds. The summed E-state index contributed by atoms with van der Waals surface area (Å²) in [5.74, 6) is 1.88. The molecule has 4 nitrogen and oxygen atoms in total. The van der Waals surface area contributed by atoms with Crippen LogP contribution in [-0.2, 0) is 5.41 Å². The minimum Gasteiger partial charge on any atom is -0.265 e. The van der Waals surface area contributed by atoms with E-state index in [0.717, 1.165) is 27.8 Å². The van der Waals surface area contributed by atoms with Gasteiger partial charge in [-0.25, -0.2) is 15.0 Å². The maximum atomic E-state index is 4.98. The van der Waals surface area contributed by atoms with Crippen LogP contribution in [0.1, 0.15) is 25.0 Å². The average molecular weight is 629 g/mol. The number of fused-ring (bicyclic) bond motifs is 5. The van der Waals surface area contributed by atoms with Crippen LogP contribution in [0, 0.1) is 0 Å². The molecule has 8 aromatic rings. The molecule has 1 aliphatic rings. The summed E-state index contributed by atoms with van der Waals surface area (Å²) in [6.07, 6.45) is 3.53. The number of hydrogen-bond acceptors (Lipinski definition) is 4.